The first-order valence-corrected chi connectivity index (χ1v) is 11.9. The molecule has 0 fully saturated rings. The third-order valence-corrected chi connectivity index (χ3v) is 4.39. The third-order valence-electron chi connectivity index (χ3n) is 4.39. The van der Waals surface area contributed by atoms with Crippen molar-refractivity contribution in [1.82, 2.24) is 20.3 Å². The minimum Gasteiger partial charge on any atom is -0.494 e. The first-order valence-electron chi connectivity index (χ1n) is 11.9. The molecule has 0 bridgehead atoms. The fourth-order valence-electron chi connectivity index (χ4n) is 2.76. The van der Waals surface area contributed by atoms with Crippen molar-refractivity contribution < 1.29 is 14.3 Å². The van der Waals surface area contributed by atoms with Gasteiger partial charge in [-0.2, -0.15) is 0 Å². The quantitative estimate of drug-likeness (QED) is 0.0959. The number of aromatic amines is 1. The van der Waals surface area contributed by atoms with Crippen molar-refractivity contribution in [2.45, 2.75) is 41.5 Å². The van der Waals surface area contributed by atoms with E-state index in [-0.39, 0.29) is 28.9 Å². The Morgan fingerprint density at radius 1 is 1.26 bits per heavy atom. The summed E-state index contributed by atoms with van der Waals surface area (Å²) in [6.45, 7) is 15.6. The first kappa shape index (κ1) is 33.1. The molecule has 10 heteroatoms. The summed E-state index contributed by atoms with van der Waals surface area (Å²) in [4.78, 5) is 40.4. The lowest BCUT2D eigenvalue weighted by molar-refractivity contribution is -0.112. The first-order chi connectivity index (χ1) is 18.3. The van der Waals surface area contributed by atoms with Crippen LogP contribution in [0.5, 0.6) is 0 Å². The number of carbonyl (C=O) groups is 2. The van der Waals surface area contributed by atoms with Crippen LogP contribution in [-0.2, 0) is 9.53 Å². The Hall–Kier alpha value is -4.91. The minimum absolute atomic E-state index is 0.00785. The fourth-order valence-corrected chi connectivity index (χ4v) is 2.76. The molecule has 0 atom stereocenters. The van der Waals surface area contributed by atoms with Crippen LogP contribution in [0.4, 0.5) is 5.95 Å². The monoisotopic (exact) mass is 519 g/mol. The molecule has 2 aromatic rings. The van der Waals surface area contributed by atoms with Crippen molar-refractivity contribution in [3.63, 3.8) is 0 Å². The lowest BCUT2D eigenvalue weighted by Crippen LogP contribution is -2.37. The number of imidazole rings is 1. The number of nitrogens with two attached hydrogens (primary N) is 1. The Morgan fingerprint density at radius 3 is 2.47 bits per heavy atom. The summed E-state index contributed by atoms with van der Waals surface area (Å²) in [6, 6.07) is 1.65. The van der Waals surface area contributed by atoms with Gasteiger partial charge in [-0.25, -0.2) is 9.98 Å². The molecule has 10 nitrogen and oxygen atoms in total. The molecule has 0 aliphatic rings. The van der Waals surface area contributed by atoms with E-state index in [2.05, 4.69) is 50.0 Å². The van der Waals surface area contributed by atoms with Gasteiger partial charge in [0.15, 0.2) is 0 Å². The Balaban J connectivity index is 0.00000326. The second-order valence-electron chi connectivity index (χ2n) is 6.90. The van der Waals surface area contributed by atoms with Crippen LogP contribution in [0.25, 0.3) is 6.08 Å². The number of hydrogen-bond acceptors (Lipinski definition) is 6. The smallest absolute Gasteiger partial charge is 0.276 e. The number of aryl methyl sites for hydroxylation is 1. The summed E-state index contributed by atoms with van der Waals surface area (Å²) in [6.07, 6.45) is 19.6. The summed E-state index contributed by atoms with van der Waals surface area (Å²) < 4.78 is 5.50. The topological polar surface area (TPSA) is 147 Å². The van der Waals surface area contributed by atoms with Gasteiger partial charge in [-0.1, -0.05) is 32.6 Å². The van der Waals surface area contributed by atoms with Gasteiger partial charge >= 0.3 is 0 Å². The van der Waals surface area contributed by atoms with Crippen LogP contribution >= 0.6 is 0 Å². The van der Waals surface area contributed by atoms with E-state index in [1.165, 1.54) is 12.3 Å². The van der Waals surface area contributed by atoms with Crippen molar-refractivity contribution in [3.8, 4) is 12.8 Å². The second-order valence-corrected chi connectivity index (χ2v) is 6.90. The molecule has 0 aliphatic carbocycles. The molecule has 2 heterocycles. The summed E-state index contributed by atoms with van der Waals surface area (Å²) in [7, 11) is 0. The molecule has 0 saturated carbocycles. The maximum atomic E-state index is 12.9. The highest BCUT2D eigenvalue weighted by Gasteiger charge is 2.17. The van der Waals surface area contributed by atoms with Crippen LogP contribution in [-0.4, -0.2) is 39.3 Å². The number of anilines is 1. The molecule has 202 valence electrons. The summed E-state index contributed by atoms with van der Waals surface area (Å²) in [5.41, 5.74) is 7.96. The number of hydrogen-bond donors (Lipinski definition) is 4. The molecule has 5 N–H and O–H groups in total. The van der Waals surface area contributed by atoms with E-state index in [1.54, 1.807) is 31.5 Å². The molecule has 0 unspecified atom stereocenters. The van der Waals surface area contributed by atoms with E-state index in [0.717, 1.165) is 11.1 Å². The van der Waals surface area contributed by atoms with Gasteiger partial charge in [0, 0.05) is 18.6 Å². The molecular weight excluding hydrogens is 482 g/mol. The zero-order valence-corrected chi connectivity index (χ0v) is 22.8. The summed E-state index contributed by atoms with van der Waals surface area (Å²) in [5.74, 6) is -0.652. The normalized spacial score (nSPS) is 11.4. The maximum absolute atomic E-state index is 12.9. The summed E-state index contributed by atoms with van der Waals surface area (Å²) >= 11 is 0. The van der Waals surface area contributed by atoms with Crippen LogP contribution in [0, 0.1) is 19.8 Å². The van der Waals surface area contributed by atoms with Gasteiger partial charge in [0.05, 0.1) is 17.9 Å². The number of ether oxygens (including phenoxy) is 1. The Kier molecular flexibility index (Phi) is 16.0. The van der Waals surface area contributed by atoms with Crippen LogP contribution in [0.15, 0.2) is 71.5 Å². The highest BCUT2D eigenvalue weighted by Crippen LogP contribution is 2.16. The predicted molar refractivity (Wildman–Crippen MR) is 154 cm³/mol. The van der Waals surface area contributed by atoms with Crippen molar-refractivity contribution in [2.75, 3.05) is 11.9 Å². The van der Waals surface area contributed by atoms with E-state index in [0.29, 0.717) is 12.4 Å². The minimum atomic E-state index is -0.543. The van der Waals surface area contributed by atoms with E-state index < -0.39 is 11.8 Å². The van der Waals surface area contributed by atoms with Crippen LogP contribution in [0.2, 0.25) is 0 Å². The zero-order valence-electron chi connectivity index (χ0n) is 22.8. The van der Waals surface area contributed by atoms with Gasteiger partial charge < -0.3 is 15.5 Å². The Labute approximate surface area is 224 Å². The summed E-state index contributed by atoms with van der Waals surface area (Å²) in [5, 5.41) is 5.07. The molecule has 0 aliphatic heterocycles. The molecule has 2 amide bonds. The van der Waals surface area contributed by atoms with Gasteiger partial charge in [0.1, 0.15) is 11.5 Å². The van der Waals surface area contributed by atoms with Crippen LogP contribution in [0.3, 0.4) is 0 Å². The van der Waals surface area contributed by atoms with Crippen molar-refractivity contribution in [2.24, 2.45) is 10.7 Å². The number of aromatic nitrogens is 3. The fraction of sp³-hybridized carbons (Fsp3) is 0.250. The van der Waals surface area contributed by atoms with E-state index in [1.807, 2.05) is 46.8 Å². The average Bonchev–Trinajstić information content (AvgIpc) is 3.42. The highest BCUT2D eigenvalue weighted by atomic mass is 16.5. The van der Waals surface area contributed by atoms with Crippen LogP contribution < -0.4 is 16.4 Å². The standard InChI is InChI=1S/C24H29N7O3.C2H6.C2H2/c1-6-9-17-14-28-20(12-15(17)4)22(33)30-23(25)29-16(5)19(13-18(7-2)34-8-3)21(32)31-24-26-10-11-27-24;2*1-2/h6-7,9-14H,5,8H2,1-4H3,(H3,25,29,30,33)(H2,26,27,31,32);1-2H3;1-2H/b9-6-,18-7+,19-13+;;. The number of rotatable bonds is 9. The number of terminal acetylenes is 1. The number of carbonyl (C=O) groups excluding carboxylic acids is 2. The van der Waals surface area contributed by atoms with Gasteiger partial charge in [-0.15, -0.1) is 12.8 Å². The third kappa shape index (κ3) is 10.8. The van der Waals surface area contributed by atoms with Gasteiger partial charge in [-0.05, 0) is 57.0 Å². The van der Waals surface area contributed by atoms with E-state index >= 15 is 0 Å². The number of H-pyrrole nitrogens is 1. The highest BCUT2D eigenvalue weighted by molar-refractivity contribution is 6.08. The zero-order chi connectivity index (χ0) is 29.1. The average molecular weight is 520 g/mol. The molecule has 0 radical (unpaired) electrons. The van der Waals surface area contributed by atoms with E-state index in [9.17, 15) is 9.59 Å². The number of amides is 2. The van der Waals surface area contributed by atoms with Crippen molar-refractivity contribution in [1.29, 1.82) is 0 Å². The number of allylic oxidation sites excluding steroid dienone is 3. The number of nitrogens with zero attached hydrogens (tertiary/aromatic N) is 3. The Morgan fingerprint density at radius 2 is 1.95 bits per heavy atom. The lowest BCUT2D eigenvalue weighted by Gasteiger charge is -2.11. The second kappa shape index (κ2) is 18.4. The van der Waals surface area contributed by atoms with Gasteiger partial charge in [0.2, 0.25) is 11.9 Å². The molecule has 0 saturated heterocycles. The molecule has 2 rings (SSSR count). The predicted octanol–water partition coefficient (Wildman–Crippen LogP) is 4.49. The molecule has 0 aromatic carbocycles. The number of aliphatic imine (C=N–C) groups is 1. The molecule has 38 heavy (non-hydrogen) atoms. The molecule has 2 aromatic heterocycles. The van der Waals surface area contributed by atoms with Gasteiger partial charge in [0.25, 0.3) is 11.8 Å². The molecular formula is C28H37N7O3. The maximum Gasteiger partial charge on any atom is 0.276 e. The van der Waals surface area contributed by atoms with Crippen molar-refractivity contribution >= 4 is 29.8 Å². The number of pyridine rings is 1. The number of guanidine groups is 1. The van der Waals surface area contributed by atoms with Gasteiger partial charge in [-0.3, -0.25) is 25.2 Å². The lowest BCUT2D eigenvalue weighted by atomic mass is 10.1. The van der Waals surface area contributed by atoms with Crippen molar-refractivity contribution in [3.05, 3.63) is 83.3 Å². The van der Waals surface area contributed by atoms with Crippen LogP contribution in [0.1, 0.15) is 56.2 Å². The van der Waals surface area contributed by atoms with E-state index in [4.69, 9.17) is 10.5 Å². The largest absolute Gasteiger partial charge is 0.494 e. The SMILES string of the molecule is C#C.C=C(N=C(N)NC(=O)c1cc(C)c(/C=C\C)cn1)/C(=C\C(=C/C)OCC)C(=O)Nc1ncc[nH]1.CC. The number of nitrogens with one attached hydrogen (secondary N) is 3. The molecule has 0 spiro atoms. The Bertz CT molecular complexity index is 1200.